The van der Waals surface area contributed by atoms with Gasteiger partial charge in [0.25, 0.3) is 0 Å². The zero-order chi connectivity index (χ0) is 21.4. The molecule has 3 aromatic carbocycles. The van der Waals surface area contributed by atoms with Gasteiger partial charge in [0.05, 0.1) is 16.7 Å². The van der Waals surface area contributed by atoms with E-state index in [2.05, 4.69) is 4.90 Å². The molecule has 4 nitrogen and oxygen atoms in total. The van der Waals surface area contributed by atoms with Gasteiger partial charge < -0.3 is 10.0 Å². The van der Waals surface area contributed by atoms with Gasteiger partial charge in [0, 0.05) is 30.3 Å². The maximum Gasteiger partial charge on any atom is 0.211 e. The van der Waals surface area contributed by atoms with Crippen molar-refractivity contribution in [2.75, 3.05) is 24.6 Å². The van der Waals surface area contributed by atoms with Gasteiger partial charge in [0.2, 0.25) is 5.95 Å². The molecule has 0 bridgehead atoms. The fourth-order valence-electron chi connectivity index (χ4n) is 4.30. The van der Waals surface area contributed by atoms with Crippen LogP contribution in [0.5, 0.6) is 0 Å². The average Bonchev–Trinajstić information content (AvgIpc) is 3.43. The lowest BCUT2D eigenvalue weighted by Crippen LogP contribution is -2.22. The van der Waals surface area contributed by atoms with Crippen molar-refractivity contribution in [3.8, 4) is 16.8 Å². The van der Waals surface area contributed by atoms with E-state index in [0.29, 0.717) is 22.7 Å². The number of halogens is 2. The summed E-state index contributed by atoms with van der Waals surface area (Å²) in [5.74, 6) is 0.459. The number of fused-ring (bicyclic) bond motifs is 1. The summed E-state index contributed by atoms with van der Waals surface area (Å²) in [5, 5.41) is 9.73. The van der Waals surface area contributed by atoms with Crippen molar-refractivity contribution in [2.45, 2.75) is 19.3 Å². The van der Waals surface area contributed by atoms with E-state index in [1.165, 1.54) is 0 Å². The summed E-state index contributed by atoms with van der Waals surface area (Å²) in [6, 6.07) is 18.7. The van der Waals surface area contributed by atoms with E-state index < -0.39 is 0 Å². The van der Waals surface area contributed by atoms with Crippen molar-refractivity contribution in [1.82, 2.24) is 9.55 Å². The summed E-state index contributed by atoms with van der Waals surface area (Å²) < 4.78 is 17.8. The summed E-state index contributed by atoms with van der Waals surface area (Å²) >= 11 is 6.29. The number of hydrogen-bond acceptors (Lipinski definition) is 3. The molecular weight excluding hydrogens is 413 g/mol. The van der Waals surface area contributed by atoms with Gasteiger partial charge in [0.1, 0.15) is 0 Å². The number of rotatable bonds is 5. The Kier molecular flexibility index (Phi) is 5.38. The van der Waals surface area contributed by atoms with Crippen molar-refractivity contribution < 1.29 is 9.50 Å². The summed E-state index contributed by atoms with van der Waals surface area (Å²) in [6.45, 7) is 1.91. The summed E-state index contributed by atoms with van der Waals surface area (Å²) in [6.07, 6.45) is 2.79. The van der Waals surface area contributed by atoms with Crippen LogP contribution >= 0.6 is 11.6 Å². The highest BCUT2D eigenvalue weighted by molar-refractivity contribution is 6.31. The van der Waals surface area contributed by atoms with Gasteiger partial charge in [-0.05, 0) is 54.7 Å². The first-order valence-corrected chi connectivity index (χ1v) is 11.0. The molecule has 1 aromatic heterocycles. The fourth-order valence-corrected chi connectivity index (χ4v) is 4.46. The second-order valence-corrected chi connectivity index (χ2v) is 8.32. The van der Waals surface area contributed by atoms with Gasteiger partial charge in [-0.15, -0.1) is 0 Å². The van der Waals surface area contributed by atoms with Gasteiger partial charge in [-0.3, -0.25) is 4.57 Å². The number of anilines is 1. The Labute approximate surface area is 185 Å². The van der Waals surface area contributed by atoms with E-state index in [0.717, 1.165) is 54.0 Å². The minimum absolute atomic E-state index is 0.0960. The van der Waals surface area contributed by atoms with Crippen molar-refractivity contribution in [3.05, 3.63) is 77.1 Å². The Morgan fingerprint density at radius 2 is 1.77 bits per heavy atom. The SMILES string of the molecule is OCCc1ccc(-c2cccc(-n3c(N4CCCC4)nc4ccc(Cl)cc43)c2F)cc1. The average molecular weight is 436 g/mol. The minimum Gasteiger partial charge on any atom is -0.396 e. The normalized spacial score (nSPS) is 14.0. The van der Waals surface area contributed by atoms with Crippen LogP contribution in [-0.4, -0.2) is 34.4 Å². The predicted octanol–water partition coefficient (Wildman–Crippen LogP) is 5.62. The Morgan fingerprint density at radius 3 is 2.52 bits per heavy atom. The first-order valence-electron chi connectivity index (χ1n) is 10.6. The van der Waals surface area contributed by atoms with Crippen LogP contribution in [0.1, 0.15) is 18.4 Å². The van der Waals surface area contributed by atoms with Crippen LogP contribution in [-0.2, 0) is 6.42 Å². The van der Waals surface area contributed by atoms with Crippen LogP contribution < -0.4 is 4.90 Å². The lowest BCUT2D eigenvalue weighted by Gasteiger charge is -2.20. The molecule has 0 aliphatic carbocycles. The van der Waals surface area contributed by atoms with E-state index in [1.54, 1.807) is 12.1 Å². The largest absolute Gasteiger partial charge is 0.396 e. The number of aliphatic hydroxyl groups is 1. The molecule has 0 unspecified atom stereocenters. The van der Waals surface area contributed by atoms with Gasteiger partial charge in [-0.25, -0.2) is 9.37 Å². The first kappa shape index (κ1) is 20.0. The second-order valence-electron chi connectivity index (χ2n) is 7.88. The van der Waals surface area contributed by atoms with Crippen molar-refractivity contribution in [2.24, 2.45) is 0 Å². The molecule has 1 N–H and O–H groups in total. The Balaban J connectivity index is 1.67. The molecule has 0 amide bonds. The van der Waals surface area contributed by atoms with Gasteiger partial charge in [-0.1, -0.05) is 48.0 Å². The maximum atomic E-state index is 15.9. The van der Waals surface area contributed by atoms with Crippen LogP contribution in [0.4, 0.5) is 10.3 Å². The third-order valence-electron chi connectivity index (χ3n) is 5.87. The fraction of sp³-hybridized carbons (Fsp3) is 0.240. The number of aliphatic hydroxyl groups excluding tert-OH is 1. The molecule has 1 aliphatic rings. The molecule has 1 aliphatic heterocycles. The highest BCUT2D eigenvalue weighted by atomic mass is 35.5. The molecule has 1 saturated heterocycles. The smallest absolute Gasteiger partial charge is 0.211 e. The van der Waals surface area contributed by atoms with Crippen LogP contribution in [0.15, 0.2) is 60.7 Å². The Bertz CT molecular complexity index is 1230. The zero-order valence-electron chi connectivity index (χ0n) is 17.1. The second kappa shape index (κ2) is 8.33. The maximum absolute atomic E-state index is 15.9. The van der Waals surface area contributed by atoms with Crippen molar-refractivity contribution in [3.63, 3.8) is 0 Å². The van der Waals surface area contributed by atoms with E-state index in [4.69, 9.17) is 21.7 Å². The standard InChI is InChI=1S/C25H23ClFN3O/c26-19-10-11-21-23(16-19)30(25(28-21)29-13-1-2-14-29)22-5-3-4-20(24(22)27)18-8-6-17(7-9-18)12-15-31/h3-11,16,31H,1-2,12-15H2. The molecule has 0 atom stereocenters. The van der Waals surface area contributed by atoms with Crippen LogP contribution in [0.3, 0.4) is 0 Å². The van der Waals surface area contributed by atoms with Gasteiger partial charge in [0.15, 0.2) is 5.82 Å². The lowest BCUT2D eigenvalue weighted by molar-refractivity contribution is 0.299. The lowest BCUT2D eigenvalue weighted by atomic mass is 10.0. The summed E-state index contributed by atoms with van der Waals surface area (Å²) in [7, 11) is 0. The van der Waals surface area contributed by atoms with E-state index in [-0.39, 0.29) is 12.4 Å². The Hall–Kier alpha value is -2.89. The molecule has 0 saturated carbocycles. The molecule has 6 heteroatoms. The van der Waals surface area contributed by atoms with E-state index in [1.807, 2.05) is 53.1 Å². The molecule has 31 heavy (non-hydrogen) atoms. The number of benzene rings is 3. The molecule has 2 heterocycles. The summed E-state index contributed by atoms with van der Waals surface area (Å²) in [4.78, 5) is 7.04. The van der Waals surface area contributed by atoms with E-state index >= 15 is 4.39 Å². The quantitative estimate of drug-likeness (QED) is 0.442. The van der Waals surface area contributed by atoms with E-state index in [9.17, 15) is 0 Å². The number of hydrogen-bond donors (Lipinski definition) is 1. The topological polar surface area (TPSA) is 41.3 Å². The predicted molar refractivity (Wildman–Crippen MR) is 124 cm³/mol. The van der Waals surface area contributed by atoms with Crippen molar-refractivity contribution in [1.29, 1.82) is 0 Å². The molecule has 4 aromatic rings. The monoisotopic (exact) mass is 435 g/mol. The molecule has 158 valence electrons. The summed E-state index contributed by atoms with van der Waals surface area (Å²) in [5.41, 5.74) is 4.40. The number of nitrogens with zero attached hydrogens (tertiary/aromatic N) is 3. The molecule has 5 rings (SSSR count). The molecule has 1 fully saturated rings. The van der Waals surface area contributed by atoms with Gasteiger partial charge in [-0.2, -0.15) is 0 Å². The van der Waals surface area contributed by atoms with Crippen LogP contribution in [0, 0.1) is 5.82 Å². The molecule has 0 spiro atoms. The molecule has 0 radical (unpaired) electrons. The molecular formula is C25H23ClFN3O. The third kappa shape index (κ3) is 3.68. The van der Waals surface area contributed by atoms with Crippen molar-refractivity contribution >= 4 is 28.6 Å². The first-order chi connectivity index (χ1) is 15.2. The number of imidazole rings is 1. The van der Waals surface area contributed by atoms with Crippen LogP contribution in [0.25, 0.3) is 27.8 Å². The highest BCUT2D eigenvalue weighted by Crippen LogP contribution is 2.34. The minimum atomic E-state index is -0.294. The zero-order valence-corrected chi connectivity index (χ0v) is 17.8. The van der Waals surface area contributed by atoms with Crippen LogP contribution in [0.2, 0.25) is 5.02 Å². The third-order valence-corrected chi connectivity index (χ3v) is 6.11. The number of aromatic nitrogens is 2. The van der Waals surface area contributed by atoms with Gasteiger partial charge >= 0.3 is 0 Å². The highest BCUT2D eigenvalue weighted by Gasteiger charge is 2.24. The Morgan fingerprint density at radius 1 is 1.00 bits per heavy atom.